The molecule has 1 heterocycles. The standard InChI is InChI=1S/C19H15ClN2O4S/c1-26-15-8-7-13(10-14(15)20)21-17(23)11-22-18(24)16(27-19(22)25)9-12-5-3-2-4-6-12/h2-10H,11H2,1H3,(H,21,23)/b16-9+. The van der Waals surface area contributed by atoms with Gasteiger partial charge in [0.2, 0.25) is 5.91 Å². The van der Waals surface area contributed by atoms with Crippen LogP contribution in [0.15, 0.2) is 53.4 Å². The fourth-order valence-electron chi connectivity index (χ4n) is 2.43. The average molecular weight is 403 g/mol. The van der Waals surface area contributed by atoms with Gasteiger partial charge in [-0.1, -0.05) is 41.9 Å². The van der Waals surface area contributed by atoms with Gasteiger partial charge >= 0.3 is 0 Å². The summed E-state index contributed by atoms with van der Waals surface area (Å²) in [4.78, 5) is 38.0. The van der Waals surface area contributed by atoms with Crippen molar-refractivity contribution in [2.45, 2.75) is 0 Å². The van der Waals surface area contributed by atoms with Crippen molar-refractivity contribution in [2.75, 3.05) is 19.0 Å². The highest BCUT2D eigenvalue weighted by Gasteiger charge is 2.36. The molecular weight excluding hydrogens is 388 g/mol. The molecule has 1 aliphatic rings. The van der Waals surface area contributed by atoms with Crippen LogP contribution in [0.25, 0.3) is 6.08 Å². The number of amides is 3. The molecule has 0 saturated carbocycles. The number of ether oxygens (including phenoxy) is 1. The van der Waals surface area contributed by atoms with Gasteiger partial charge in [-0.05, 0) is 41.6 Å². The number of hydrogen-bond donors (Lipinski definition) is 1. The van der Waals surface area contributed by atoms with Gasteiger partial charge in [-0.25, -0.2) is 0 Å². The van der Waals surface area contributed by atoms with E-state index >= 15 is 0 Å². The summed E-state index contributed by atoms with van der Waals surface area (Å²) in [6.07, 6.45) is 1.63. The van der Waals surface area contributed by atoms with Crippen molar-refractivity contribution in [3.05, 3.63) is 64.0 Å². The van der Waals surface area contributed by atoms with Gasteiger partial charge in [-0.3, -0.25) is 19.3 Å². The predicted octanol–water partition coefficient (Wildman–Crippen LogP) is 4.02. The Bertz CT molecular complexity index is 931. The monoisotopic (exact) mass is 402 g/mol. The number of nitrogens with one attached hydrogen (secondary N) is 1. The first-order chi connectivity index (χ1) is 13.0. The van der Waals surface area contributed by atoms with Crippen LogP contribution in [0.2, 0.25) is 5.02 Å². The third-order valence-electron chi connectivity index (χ3n) is 3.71. The van der Waals surface area contributed by atoms with Gasteiger partial charge < -0.3 is 10.1 Å². The molecule has 27 heavy (non-hydrogen) atoms. The van der Waals surface area contributed by atoms with E-state index in [1.165, 1.54) is 13.2 Å². The molecule has 1 N–H and O–H groups in total. The zero-order chi connectivity index (χ0) is 19.4. The van der Waals surface area contributed by atoms with Crippen LogP contribution in [0.1, 0.15) is 5.56 Å². The van der Waals surface area contributed by atoms with Crippen molar-refractivity contribution in [2.24, 2.45) is 0 Å². The lowest BCUT2D eigenvalue weighted by Gasteiger charge is -2.13. The summed E-state index contributed by atoms with van der Waals surface area (Å²) in [5.41, 5.74) is 1.25. The Morgan fingerprint density at radius 1 is 1.22 bits per heavy atom. The normalized spacial score (nSPS) is 15.3. The lowest BCUT2D eigenvalue weighted by Crippen LogP contribution is -2.36. The molecule has 1 saturated heterocycles. The molecule has 0 spiro atoms. The quantitative estimate of drug-likeness (QED) is 0.764. The van der Waals surface area contributed by atoms with Gasteiger partial charge in [-0.2, -0.15) is 0 Å². The zero-order valence-electron chi connectivity index (χ0n) is 14.3. The summed E-state index contributed by atoms with van der Waals surface area (Å²) >= 11 is 6.83. The van der Waals surface area contributed by atoms with Crippen molar-refractivity contribution in [1.29, 1.82) is 0 Å². The van der Waals surface area contributed by atoms with Crippen LogP contribution in [0.4, 0.5) is 10.5 Å². The summed E-state index contributed by atoms with van der Waals surface area (Å²) in [5, 5.41) is 2.47. The Balaban J connectivity index is 1.67. The Morgan fingerprint density at radius 2 is 1.96 bits per heavy atom. The smallest absolute Gasteiger partial charge is 0.294 e. The summed E-state index contributed by atoms with van der Waals surface area (Å²) in [7, 11) is 1.49. The van der Waals surface area contributed by atoms with Gasteiger partial charge in [0.25, 0.3) is 11.1 Å². The number of carbonyl (C=O) groups is 3. The Hall–Kier alpha value is -2.77. The zero-order valence-corrected chi connectivity index (χ0v) is 15.8. The molecule has 0 aromatic heterocycles. The van der Waals surface area contributed by atoms with Crippen LogP contribution in [0.5, 0.6) is 5.75 Å². The number of benzene rings is 2. The minimum absolute atomic E-state index is 0.284. The SMILES string of the molecule is COc1ccc(NC(=O)CN2C(=O)S/C(=C/c3ccccc3)C2=O)cc1Cl. The number of hydrogen-bond acceptors (Lipinski definition) is 5. The summed E-state index contributed by atoms with van der Waals surface area (Å²) in [6.45, 7) is -0.375. The number of nitrogens with zero attached hydrogens (tertiary/aromatic N) is 1. The molecule has 0 atom stereocenters. The topological polar surface area (TPSA) is 75.7 Å². The Labute approximate surface area is 165 Å². The van der Waals surface area contributed by atoms with Crippen molar-refractivity contribution >= 4 is 52.2 Å². The van der Waals surface area contributed by atoms with Crippen LogP contribution in [-0.4, -0.2) is 35.6 Å². The first-order valence-corrected chi connectivity index (χ1v) is 9.11. The maximum Gasteiger partial charge on any atom is 0.294 e. The molecular formula is C19H15ClN2O4S. The van der Waals surface area contributed by atoms with Gasteiger partial charge in [0.05, 0.1) is 17.0 Å². The lowest BCUT2D eigenvalue weighted by atomic mass is 10.2. The van der Waals surface area contributed by atoms with Crippen molar-refractivity contribution < 1.29 is 19.1 Å². The van der Waals surface area contributed by atoms with Crippen molar-refractivity contribution in [1.82, 2.24) is 4.90 Å². The molecule has 1 aliphatic heterocycles. The second-order valence-corrected chi connectivity index (χ2v) is 6.98. The van der Waals surface area contributed by atoms with Crippen LogP contribution < -0.4 is 10.1 Å². The average Bonchev–Trinajstić information content (AvgIpc) is 2.90. The minimum atomic E-state index is -0.500. The molecule has 2 aromatic carbocycles. The predicted molar refractivity (Wildman–Crippen MR) is 106 cm³/mol. The molecule has 0 unspecified atom stereocenters. The third kappa shape index (κ3) is 4.50. The van der Waals surface area contributed by atoms with Crippen LogP contribution in [0, 0.1) is 0 Å². The Morgan fingerprint density at radius 3 is 2.63 bits per heavy atom. The second kappa shape index (κ2) is 8.28. The van der Waals surface area contributed by atoms with Gasteiger partial charge in [0, 0.05) is 5.69 Å². The first kappa shape index (κ1) is 19.0. The molecule has 0 radical (unpaired) electrons. The van der Waals surface area contributed by atoms with E-state index < -0.39 is 17.1 Å². The number of methoxy groups -OCH3 is 1. The number of thioether (sulfide) groups is 1. The van der Waals surface area contributed by atoms with Gasteiger partial charge in [0.1, 0.15) is 12.3 Å². The van der Waals surface area contributed by atoms with Gasteiger partial charge in [0.15, 0.2) is 0 Å². The van der Waals surface area contributed by atoms with Crippen LogP contribution >= 0.6 is 23.4 Å². The van der Waals surface area contributed by atoms with Crippen LogP contribution in [-0.2, 0) is 9.59 Å². The van der Waals surface area contributed by atoms with E-state index in [-0.39, 0.29) is 11.4 Å². The number of carbonyl (C=O) groups excluding carboxylic acids is 3. The molecule has 2 aromatic rings. The Kier molecular flexibility index (Phi) is 5.83. The highest BCUT2D eigenvalue weighted by Crippen LogP contribution is 2.32. The fourth-order valence-corrected chi connectivity index (χ4v) is 3.52. The van der Waals surface area contributed by atoms with E-state index in [2.05, 4.69) is 5.32 Å². The molecule has 138 valence electrons. The van der Waals surface area contributed by atoms with E-state index in [0.717, 1.165) is 22.2 Å². The van der Waals surface area contributed by atoms with E-state index in [9.17, 15) is 14.4 Å². The van der Waals surface area contributed by atoms with Crippen LogP contribution in [0.3, 0.4) is 0 Å². The lowest BCUT2D eigenvalue weighted by molar-refractivity contribution is -0.127. The summed E-state index contributed by atoms with van der Waals surface area (Å²) < 4.78 is 5.05. The molecule has 0 aliphatic carbocycles. The number of anilines is 1. The number of imide groups is 1. The molecule has 8 heteroatoms. The highest BCUT2D eigenvalue weighted by molar-refractivity contribution is 8.18. The second-order valence-electron chi connectivity index (χ2n) is 5.58. The molecule has 3 rings (SSSR count). The summed E-state index contributed by atoms with van der Waals surface area (Å²) in [6, 6.07) is 13.9. The largest absolute Gasteiger partial charge is 0.495 e. The van der Waals surface area contributed by atoms with Crippen molar-refractivity contribution in [3.8, 4) is 5.75 Å². The van der Waals surface area contributed by atoms with Gasteiger partial charge in [-0.15, -0.1) is 0 Å². The molecule has 0 bridgehead atoms. The maximum atomic E-state index is 12.4. The summed E-state index contributed by atoms with van der Waals surface area (Å²) in [5.74, 6) is -0.511. The number of rotatable bonds is 5. The maximum absolute atomic E-state index is 12.4. The first-order valence-electron chi connectivity index (χ1n) is 7.92. The van der Waals surface area contributed by atoms with E-state index in [4.69, 9.17) is 16.3 Å². The van der Waals surface area contributed by atoms with Crippen molar-refractivity contribution in [3.63, 3.8) is 0 Å². The molecule has 6 nitrogen and oxygen atoms in total. The third-order valence-corrected chi connectivity index (χ3v) is 4.91. The molecule has 3 amide bonds. The van der Waals surface area contributed by atoms with E-state index in [0.29, 0.717) is 16.5 Å². The fraction of sp³-hybridized carbons (Fsp3) is 0.105. The highest BCUT2D eigenvalue weighted by atomic mass is 35.5. The molecule has 1 fully saturated rings. The van der Waals surface area contributed by atoms with E-state index in [1.54, 1.807) is 18.2 Å². The number of halogens is 1. The minimum Gasteiger partial charge on any atom is -0.495 e. The van der Waals surface area contributed by atoms with E-state index in [1.807, 2.05) is 30.3 Å².